The van der Waals surface area contributed by atoms with Crippen molar-refractivity contribution in [1.82, 2.24) is 24.7 Å². The van der Waals surface area contributed by atoms with Crippen LogP contribution in [0.4, 0.5) is 0 Å². The van der Waals surface area contributed by atoms with Crippen LogP contribution in [0.15, 0.2) is 12.4 Å². The number of methoxy groups -OCH3 is 1. The Bertz CT molecular complexity index is 469. The van der Waals surface area contributed by atoms with Crippen LogP contribution in [-0.2, 0) is 22.5 Å². The van der Waals surface area contributed by atoms with Crippen LogP contribution in [0.5, 0.6) is 0 Å². The van der Waals surface area contributed by atoms with Crippen molar-refractivity contribution >= 4 is 5.91 Å². The van der Waals surface area contributed by atoms with Gasteiger partial charge in [-0.05, 0) is 0 Å². The molecule has 1 aromatic heterocycles. The zero-order chi connectivity index (χ0) is 16.5. The maximum atomic E-state index is 11.8. The van der Waals surface area contributed by atoms with Crippen LogP contribution >= 0.6 is 0 Å². The molecule has 1 N–H and O–H groups in total. The molecule has 0 aliphatic carbocycles. The third kappa shape index (κ3) is 5.93. The lowest BCUT2D eigenvalue weighted by Gasteiger charge is -2.34. The van der Waals surface area contributed by atoms with Crippen molar-refractivity contribution in [3.8, 4) is 0 Å². The molecule has 1 amide bonds. The van der Waals surface area contributed by atoms with Crippen molar-refractivity contribution in [3.63, 3.8) is 0 Å². The number of rotatable bonds is 9. The molecule has 1 aliphatic rings. The Labute approximate surface area is 138 Å². The first-order valence-corrected chi connectivity index (χ1v) is 8.43. The monoisotopic (exact) mass is 323 g/mol. The van der Waals surface area contributed by atoms with Crippen LogP contribution in [0.1, 0.15) is 12.7 Å². The van der Waals surface area contributed by atoms with Gasteiger partial charge in [0.05, 0.1) is 13.2 Å². The predicted octanol–water partition coefficient (Wildman–Crippen LogP) is -0.174. The third-order valence-electron chi connectivity index (χ3n) is 4.24. The van der Waals surface area contributed by atoms with Gasteiger partial charge in [0.2, 0.25) is 5.91 Å². The Morgan fingerprint density at radius 1 is 1.26 bits per heavy atom. The highest BCUT2D eigenvalue weighted by Crippen LogP contribution is 2.04. The molecule has 1 aliphatic heterocycles. The van der Waals surface area contributed by atoms with Crippen LogP contribution in [0.2, 0.25) is 0 Å². The van der Waals surface area contributed by atoms with Gasteiger partial charge in [-0.1, -0.05) is 6.92 Å². The van der Waals surface area contributed by atoms with Crippen LogP contribution < -0.4 is 5.32 Å². The molecule has 0 bridgehead atoms. The maximum Gasteiger partial charge on any atom is 0.234 e. The van der Waals surface area contributed by atoms with Gasteiger partial charge in [0, 0.05) is 71.7 Å². The summed E-state index contributed by atoms with van der Waals surface area (Å²) in [4.78, 5) is 20.8. The molecule has 130 valence electrons. The molecule has 1 saturated heterocycles. The molecule has 1 aromatic rings. The van der Waals surface area contributed by atoms with Crippen molar-refractivity contribution in [2.75, 3.05) is 59.5 Å². The highest BCUT2D eigenvalue weighted by atomic mass is 16.5. The summed E-state index contributed by atoms with van der Waals surface area (Å²) >= 11 is 0. The SMILES string of the molecule is CCc1nccn1CCN1CCN(CC(=O)NCCOC)CC1. The van der Waals surface area contributed by atoms with Gasteiger partial charge < -0.3 is 14.6 Å². The van der Waals surface area contributed by atoms with Gasteiger partial charge in [0.1, 0.15) is 5.82 Å². The van der Waals surface area contributed by atoms with E-state index in [1.165, 1.54) is 0 Å². The number of amides is 1. The van der Waals surface area contributed by atoms with Gasteiger partial charge in [0.25, 0.3) is 0 Å². The number of aryl methyl sites for hydroxylation is 1. The zero-order valence-electron chi connectivity index (χ0n) is 14.3. The fourth-order valence-electron chi connectivity index (χ4n) is 2.83. The lowest BCUT2D eigenvalue weighted by atomic mass is 10.3. The standard InChI is InChI=1S/C16H29N5O2/c1-3-15-17-4-6-21(15)12-11-19-7-9-20(10-8-19)14-16(22)18-5-13-23-2/h4,6H,3,5,7-14H2,1-2H3,(H,18,22). The number of piperazine rings is 1. The summed E-state index contributed by atoms with van der Waals surface area (Å²) in [6, 6.07) is 0. The van der Waals surface area contributed by atoms with E-state index >= 15 is 0 Å². The summed E-state index contributed by atoms with van der Waals surface area (Å²) in [5.74, 6) is 1.23. The Morgan fingerprint density at radius 2 is 2.00 bits per heavy atom. The molecule has 23 heavy (non-hydrogen) atoms. The number of ether oxygens (including phenoxy) is 1. The molecule has 0 radical (unpaired) electrons. The van der Waals surface area contributed by atoms with E-state index in [1.807, 2.05) is 6.20 Å². The fraction of sp³-hybridized carbons (Fsp3) is 0.750. The maximum absolute atomic E-state index is 11.8. The van der Waals surface area contributed by atoms with Crippen LogP contribution in [-0.4, -0.2) is 84.8 Å². The average molecular weight is 323 g/mol. The Morgan fingerprint density at radius 3 is 2.70 bits per heavy atom. The minimum Gasteiger partial charge on any atom is -0.383 e. The second kappa shape index (κ2) is 9.64. The van der Waals surface area contributed by atoms with Crippen LogP contribution in [0.3, 0.4) is 0 Å². The van der Waals surface area contributed by atoms with Crippen molar-refractivity contribution < 1.29 is 9.53 Å². The Hall–Kier alpha value is -1.44. The number of nitrogens with one attached hydrogen (secondary N) is 1. The Kier molecular flexibility index (Phi) is 7.51. The number of carbonyl (C=O) groups excluding carboxylic acids is 1. The average Bonchev–Trinajstić information content (AvgIpc) is 3.02. The minimum atomic E-state index is 0.0847. The minimum absolute atomic E-state index is 0.0847. The number of nitrogens with zero attached hydrogens (tertiary/aromatic N) is 4. The first kappa shape index (κ1) is 17.9. The summed E-state index contributed by atoms with van der Waals surface area (Å²) in [6.45, 7) is 9.72. The molecule has 2 heterocycles. The first-order valence-electron chi connectivity index (χ1n) is 8.43. The van der Waals surface area contributed by atoms with Gasteiger partial charge in [-0.15, -0.1) is 0 Å². The number of hydrogen-bond donors (Lipinski definition) is 1. The molecule has 7 heteroatoms. The molecule has 0 unspecified atom stereocenters. The van der Waals surface area contributed by atoms with E-state index in [0.29, 0.717) is 19.7 Å². The predicted molar refractivity (Wildman–Crippen MR) is 89.4 cm³/mol. The zero-order valence-corrected chi connectivity index (χ0v) is 14.3. The van der Waals surface area contributed by atoms with E-state index in [2.05, 4.69) is 37.8 Å². The van der Waals surface area contributed by atoms with Gasteiger partial charge in [-0.2, -0.15) is 0 Å². The molecular weight excluding hydrogens is 294 g/mol. The van der Waals surface area contributed by atoms with E-state index in [-0.39, 0.29) is 5.91 Å². The summed E-state index contributed by atoms with van der Waals surface area (Å²) in [6.07, 6.45) is 4.90. The van der Waals surface area contributed by atoms with E-state index in [4.69, 9.17) is 4.74 Å². The molecule has 0 atom stereocenters. The van der Waals surface area contributed by atoms with Crippen molar-refractivity contribution in [2.45, 2.75) is 19.9 Å². The summed E-state index contributed by atoms with van der Waals surface area (Å²) in [5.41, 5.74) is 0. The second-order valence-corrected chi connectivity index (χ2v) is 5.85. The molecule has 2 rings (SSSR count). The van der Waals surface area contributed by atoms with Crippen molar-refractivity contribution in [3.05, 3.63) is 18.2 Å². The van der Waals surface area contributed by atoms with Gasteiger partial charge in [-0.25, -0.2) is 4.98 Å². The topological polar surface area (TPSA) is 62.6 Å². The molecular formula is C16H29N5O2. The summed E-state index contributed by atoms with van der Waals surface area (Å²) in [5, 5.41) is 2.87. The number of carbonyl (C=O) groups is 1. The van der Waals surface area contributed by atoms with Gasteiger partial charge in [0.15, 0.2) is 0 Å². The van der Waals surface area contributed by atoms with E-state index in [0.717, 1.165) is 51.5 Å². The number of hydrogen-bond acceptors (Lipinski definition) is 5. The highest BCUT2D eigenvalue weighted by molar-refractivity contribution is 5.77. The molecule has 0 saturated carbocycles. The van der Waals surface area contributed by atoms with Crippen LogP contribution in [0.25, 0.3) is 0 Å². The third-order valence-corrected chi connectivity index (χ3v) is 4.24. The van der Waals surface area contributed by atoms with Gasteiger partial charge >= 0.3 is 0 Å². The summed E-state index contributed by atoms with van der Waals surface area (Å²) < 4.78 is 7.16. The van der Waals surface area contributed by atoms with Crippen molar-refractivity contribution in [1.29, 1.82) is 0 Å². The first-order chi connectivity index (χ1) is 11.2. The largest absolute Gasteiger partial charge is 0.383 e. The Balaban J connectivity index is 1.63. The number of aromatic nitrogens is 2. The molecule has 0 aromatic carbocycles. The van der Waals surface area contributed by atoms with E-state index in [1.54, 1.807) is 7.11 Å². The smallest absolute Gasteiger partial charge is 0.234 e. The highest BCUT2D eigenvalue weighted by Gasteiger charge is 2.18. The van der Waals surface area contributed by atoms with E-state index < -0.39 is 0 Å². The second-order valence-electron chi connectivity index (χ2n) is 5.85. The lowest BCUT2D eigenvalue weighted by molar-refractivity contribution is -0.122. The molecule has 0 spiro atoms. The fourth-order valence-corrected chi connectivity index (χ4v) is 2.83. The lowest BCUT2D eigenvalue weighted by Crippen LogP contribution is -2.50. The molecule has 7 nitrogen and oxygen atoms in total. The van der Waals surface area contributed by atoms with E-state index in [9.17, 15) is 4.79 Å². The van der Waals surface area contributed by atoms with Crippen LogP contribution in [0, 0.1) is 0 Å². The summed E-state index contributed by atoms with van der Waals surface area (Å²) in [7, 11) is 1.64. The van der Waals surface area contributed by atoms with Gasteiger partial charge in [-0.3, -0.25) is 14.6 Å². The number of imidazole rings is 1. The quantitative estimate of drug-likeness (QED) is 0.639. The molecule has 1 fully saturated rings. The van der Waals surface area contributed by atoms with Crippen molar-refractivity contribution in [2.24, 2.45) is 0 Å². The normalized spacial score (nSPS) is 16.6.